The number of nitrogens with two attached hydrogens (primary N) is 1. The van der Waals surface area contributed by atoms with Crippen LogP contribution in [0.3, 0.4) is 0 Å². The Morgan fingerprint density at radius 3 is 2.85 bits per heavy atom. The third-order valence-electron chi connectivity index (χ3n) is 2.70. The fraction of sp³-hybridized carbons (Fsp3) is 0.462. The second-order valence-electron chi connectivity index (χ2n) is 4.41. The quantitative estimate of drug-likeness (QED) is 0.326. The number of guanidine groups is 1. The molecular weight excluding hydrogens is 260 g/mol. The van der Waals surface area contributed by atoms with Gasteiger partial charge in [-0.3, -0.25) is 5.43 Å². The van der Waals surface area contributed by atoms with Gasteiger partial charge in [-0.05, 0) is 19.1 Å². The van der Waals surface area contributed by atoms with Gasteiger partial charge in [-0.15, -0.1) is 0 Å². The lowest BCUT2D eigenvalue weighted by molar-refractivity contribution is 0.171. The van der Waals surface area contributed by atoms with Crippen LogP contribution in [0, 0.1) is 0 Å². The highest BCUT2D eigenvalue weighted by atomic mass is 16.6. The first kappa shape index (κ1) is 14.4. The number of aliphatic imine (C=N–C) groups is 1. The minimum atomic E-state index is -0.00393. The van der Waals surface area contributed by atoms with Gasteiger partial charge >= 0.3 is 0 Å². The average Bonchev–Trinajstić information content (AvgIpc) is 2.46. The minimum Gasteiger partial charge on any atom is -0.486 e. The third kappa shape index (κ3) is 3.75. The standard InChI is InChI=1S/C13H20N4O3/c1-9(8-18-2)15-13(17-14)16-10-3-4-11-12(7-10)20-6-5-19-11/h3-4,7,9H,5-6,8,14H2,1-2H3,(H2,15,16,17). The molecule has 1 aliphatic heterocycles. The maximum Gasteiger partial charge on any atom is 0.210 e. The summed E-state index contributed by atoms with van der Waals surface area (Å²) in [7, 11) is 1.63. The Morgan fingerprint density at radius 1 is 1.40 bits per heavy atom. The van der Waals surface area contributed by atoms with Crippen LogP contribution in [0.15, 0.2) is 23.2 Å². The summed E-state index contributed by atoms with van der Waals surface area (Å²) in [5, 5.41) is 3.09. The zero-order valence-corrected chi connectivity index (χ0v) is 11.7. The molecule has 1 aromatic carbocycles. The van der Waals surface area contributed by atoms with Crippen LogP contribution in [0.2, 0.25) is 0 Å². The number of nitrogens with one attached hydrogen (secondary N) is 2. The molecule has 1 aliphatic rings. The van der Waals surface area contributed by atoms with Gasteiger partial charge in [0.15, 0.2) is 11.5 Å². The molecule has 0 spiro atoms. The van der Waals surface area contributed by atoms with E-state index in [0.29, 0.717) is 31.5 Å². The largest absolute Gasteiger partial charge is 0.486 e. The molecule has 0 aliphatic carbocycles. The molecule has 1 unspecified atom stereocenters. The first-order valence-electron chi connectivity index (χ1n) is 6.43. The molecule has 7 heteroatoms. The average molecular weight is 280 g/mol. The van der Waals surface area contributed by atoms with Crippen molar-refractivity contribution in [1.82, 2.24) is 5.43 Å². The van der Waals surface area contributed by atoms with E-state index in [4.69, 9.17) is 20.1 Å². The van der Waals surface area contributed by atoms with Crippen molar-refractivity contribution in [3.05, 3.63) is 18.2 Å². The van der Waals surface area contributed by atoms with E-state index in [9.17, 15) is 0 Å². The van der Waals surface area contributed by atoms with E-state index in [0.717, 1.165) is 11.4 Å². The number of methoxy groups -OCH3 is 1. The topological polar surface area (TPSA) is 90.1 Å². The number of hydrogen-bond acceptors (Lipinski definition) is 5. The molecule has 0 saturated carbocycles. The lowest BCUT2D eigenvalue weighted by atomic mass is 10.2. The van der Waals surface area contributed by atoms with Gasteiger partial charge in [-0.25, -0.2) is 10.8 Å². The lowest BCUT2D eigenvalue weighted by Crippen LogP contribution is -2.37. The van der Waals surface area contributed by atoms with Gasteiger partial charge < -0.3 is 19.5 Å². The molecule has 0 radical (unpaired) electrons. The Bertz CT molecular complexity index is 479. The Kier molecular flexibility index (Phi) is 5.03. The minimum absolute atomic E-state index is 0.00393. The fourth-order valence-corrected chi connectivity index (χ4v) is 1.86. The van der Waals surface area contributed by atoms with Crippen LogP contribution in [0.1, 0.15) is 6.92 Å². The summed E-state index contributed by atoms with van der Waals surface area (Å²) in [5.41, 5.74) is 3.35. The zero-order chi connectivity index (χ0) is 14.4. The number of benzene rings is 1. The van der Waals surface area contributed by atoms with Crippen molar-refractivity contribution in [2.75, 3.05) is 32.2 Å². The molecule has 1 atom stereocenters. The number of hydrogen-bond donors (Lipinski definition) is 3. The van der Waals surface area contributed by atoms with Gasteiger partial charge in [0.05, 0.1) is 12.6 Å². The van der Waals surface area contributed by atoms with Gasteiger partial charge in [0.2, 0.25) is 5.96 Å². The predicted octanol–water partition coefficient (Wildman–Crippen LogP) is 0.724. The normalized spacial score (nSPS) is 15.7. The first-order valence-corrected chi connectivity index (χ1v) is 6.43. The fourth-order valence-electron chi connectivity index (χ4n) is 1.86. The maximum absolute atomic E-state index is 5.52. The number of hydrazine groups is 1. The number of rotatable bonds is 4. The van der Waals surface area contributed by atoms with Crippen molar-refractivity contribution in [2.45, 2.75) is 13.0 Å². The highest BCUT2D eigenvalue weighted by molar-refractivity contribution is 5.93. The highest BCUT2D eigenvalue weighted by Gasteiger charge is 2.12. The first-order chi connectivity index (χ1) is 9.72. The van der Waals surface area contributed by atoms with Crippen LogP contribution < -0.4 is 26.1 Å². The van der Waals surface area contributed by atoms with Crippen molar-refractivity contribution < 1.29 is 14.2 Å². The monoisotopic (exact) mass is 280 g/mol. The SMILES string of the molecule is COCC(C)N=C(NN)Nc1ccc2c(c1)OCCO2. The summed E-state index contributed by atoms with van der Waals surface area (Å²) in [6.07, 6.45) is 0. The number of ether oxygens (including phenoxy) is 3. The molecule has 0 aromatic heterocycles. The summed E-state index contributed by atoms with van der Waals surface area (Å²) in [6.45, 7) is 3.59. The molecule has 7 nitrogen and oxygen atoms in total. The Morgan fingerprint density at radius 2 is 2.15 bits per heavy atom. The van der Waals surface area contributed by atoms with E-state index in [1.807, 2.05) is 25.1 Å². The Labute approximate surface area is 118 Å². The third-order valence-corrected chi connectivity index (χ3v) is 2.70. The van der Waals surface area contributed by atoms with E-state index < -0.39 is 0 Å². The molecule has 4 N–H and O–H groups in total. The maximum atomic E-state index is 5.52. The van der Waals surface area contributed by atoms with E-state index in [2.05, 4.69) is 15.7 Å². The number of anilines is 1. The molecule has 0 saturated heterocycles. The second kappa shape index (κ2) is 6.97. The number of nitrogens with zero attached hydrogens (tertiary/aromatic N) is 1. The summed E-state index contributed by atoms with van der Waals surface area (Å²) < 4.78 is 16.0. The van der Waals surface area contributed by atoms with Crippen molar-refractivity contribution >= 4 is 11.6 Å². The summed E-state index contributed by atoms with van der Waals surface area (Å²) >= 11 is 0. The molecule has 110 valence electrons. The number of fused-ring (bicyclic) bond motifs is 1. The van der Waals surface area contributed by atoms with Gasteiger partial charge in [0, 0.05) is 18.9 Å². The molecule has 0 amide bonds. The Balaban J connectivity index is 2.07. The Hall–Kier alpha value is -1.99. The van der Waals surface area contributed by atoms with E-state index in [-0.39, 0.29) is 6.04 Å². The van der Waals surface area contributed by atoms with Crippen molar-refractivity contribution in [3.8, 4) is 11.5 Å². The molecular formula is C13H20N4O3. The van der Waals surface area contributed by atoms with Crippen LogP contribution in [0.5, 0.6) is 11.5 Å². The van der Waals surface area contributed by atoms with Crippen LogP contribution in [0.4, 0.5) is 5.69 Å². The van der Waals surface area contributed by atoms with Crippen molar-refractivity contribution in [1.29, 1.82) is 0 Å². The molecule has 1 heterocycles. The smallest absolute Gasteiger partial charge is 0.210 e. The van der Waals surface area contributed by atoms with Gasteiger partial charge in [0.25, 0.3) is 0 Å². The molecule has 0 fully saturated rings. The lowest BCUT2D eigenvalue weighted by Gasteiger charge is -2.19. The molecule has 1 aromatic rings. The van der Waals surface area contributed by atoms with Gasteiger partial charge in [-0.2, -0.15) is 0 Å². The molecule has 20 heavy (non-hydrogen) atoms. The van der Waals surface area contributed by atoms with Crippen LogP contribution in [0.25, 0.3) is 0 Å². The zero-order valence-electron chi connectivity index (χ0n) is 11.7. The summed E-state index contributed by atoms with van der Waals surface area (Å²) in [6, 6.07) is 5.57. The predicted molar refractivity (Wildman–Crippen MR) is 77.2 cm³/mol. The molecule has 0 bridgehead atoms. The summed E-state index contributed by atoms with van der Waals surface area (Å²) in [5.74, 6) is 7.38. The van der Waals surface area contributed by atoms with Crippen LogP contribution in [-0.2, 0) is 4.74 Å². The van der Waals surface area contributed by atoms with Crippen LogP contribution >= 0.6 is 0 Å². The van der Waals surface area contributed by atoms with Gasteiger partial charge in [-0.1, -0.05) is 0 Å². The summed E-state index contributed by atoms with van der Waals surface area (Å²) in [4.78, 5) is 4.36. The van der Waals surface area contributed by atoms with Crippen LogP contribution in [-0.4, -0.2) is 38.9 Å². The van der Waals surface area contributed by atoms with Crippen molar-refractivity contribution in [2.24, 2.45) is 10.8 Å². The van der Waals surface area contributed by atoms with E-state index in [1.54, 1.807) is 7.11 Å². The molecule has 2 rings (SSSR count). The van der Waals surface area contributed by atoms with Crippen molar-refractivity contribution in [3.63, 3.8) is 0 Å². The van der Waals surface area contributed by atoms with Gasteiger partial charge in [0.1, 0.15) is 13.2 Å². The van der Waals surface area contributed by atoms with E-state index >= 15 is 0 Å². The second-order valence-corrected chi connectivity index (χ2v) is 4.41. The van der Waals surface area contributed by atoms with E-state index in [1.165, 1.54) is 0 Å². The highest BCUT2D eigenvalue weighted by Crippen LogP contribution is 2.32.